The van der Waals surface area contributed by atoms with Gasteiger partial charge in [-0.1, -0.05) is 16.8 Å². The molecule has 2 aromatic rings. The van der Waals surface area contributed by atoms with Crippen molar-refractivity contribution in [2.45, 2.75) is 25.8 Å². The number of benzene rings is 1. The molecule has 2 heterocycles. The minimum Gasteiger partial charge on any atom is -0.384 e. The Kier molecular flexibility index (Phi) is 5.32. The van der Waals surface area contributed by atoms with Gasteiger partial charge in [-0.25, -0.2) is 0 Å². The number of nitrogens with zero attached hydrogens (tertiary/aromatic N) is 3. The average molecular weight is 351 g/mol. The van der Waals surface area contributed by atoms with Crippen LogP contribution in [0.2, 0.25) is 5.02 Å². The molecule has 1 N–H and O–H groups in total. The molecule has 24 heavy (non-hydrogen) atoms. The molecule has 1 fully saturated rings. The molecule has 1 saturated heterocycles. The summed E-state index contributed by atoms with van der Waals surface area (Å²) in [6, 6.07) is 5.50. The van der Waals surface area contributed by atoms with Crippen molar-refractivity contribution in [2.75, 3.05) is 30.5 Å². The Labute approximate surface area is 144 Å². The van der Waals surface area contributed by atoms with Gasteiger partial charge in [0, 0.05) is 32.2 Å². The van der Waals surface area contributed by atoms with E-state index in [0.29, 0.717) is 42.7 Å². The molecule has 0 saturated carbocycles. The number of aromatic nitrogens is 2. The summed E-state index contributed by atoms with van der Waals surface area (Å²) in [5.41, 5.74) is 1.57. The lowest BCUT2D eigenvalue weighted by atomic mass is 10.2. The third kappa shape index (κ3) is 3.85. The lowest BCUT2D eigenvalue weighted by Gasteiger charge is -2.17. The number of nitrogens with one attached hydrogen (secondary N) is 1. The number of carbonyl (C=O) groups excluding carboxylic acids is 1. The van der Waals surface area contributed by atoms with E-state index in [2.05, 4.69) is 15.5 Å². The summed E-state index contributed by atoms with van der Waals surface area (Å²) < 4.78 is 10.2. The summed E-state index contributed by atoms with van der Waals surface area (Å²) in [7, 11) is 1.63. The number of methoxy groups -OCH3 is 1. The fraction of sp³-hybridized carbons (Fsp3) is 0.438. The molecular weight excluding hydrogens is 332 g/mol. The van der Waals surface area contributed by atoms with Crippen molar-refractivity contribution in [3.63, 3.8) is 0 Å². The molecule has 0 atom stereocenters. The Hall–Kier alpha value is -2.12. The van der Waals surface area contributed by atoms with Gasteiger partial charge in [-0.2, -0.15) is 4.98 Å². The Morgan fingerprint density at radius 3 is 3.08 bits per heavy atom. The number of amides is 1. The summed E-state index contributed by atoms with van der Waals surface area (Å²) in [6.45, 7) is 1.65. The van der Waals surface area contributed by atoms with Crippen LogP contribution in [0.25, 0.3) is 0 Å². The topological polar surface area (TPSA) is 80.5 Å². The summed E-state index contributed by atoms with van der Waals surface area (Å²) in [4.78, 5) is 17.9. The zero-order chi connectivity index (χ0) is 16.9. The molecule has 1 aromatic heterocycles. The van der Waals surface area contributed by atoms with Gasteiger partial charge in [0.2, 0.25) is 11.8 Å². The van der Waals surface area contributed by atoms with Gasteiger partial charge in [-0.05, 0) is 24.6 Å². The van der Waals surface area contributed by atoms with Crippen LogP contribution in [-0.2, 0) is 22.5 Å². The normalized spacial score (nSPS) is 14.4. The zero-order valence-corrected chi connectivity index (χ0v) is 14.2. The van der Waals surface area contributed by atoms with Crippen LogP contribution >= 0.6 is 11.6 Å². The molecule has 8 heteroatoms. The number of rotatable bonds is 7. The quantitative estimate of drug-likeness (QED) is 0.826. The maximum atomic E-state index is 11.9. The van der Waals surface area contributed by atoms with Crippen LogP contribution in [0.15, 0.2) is 22.7 Å². The first-order valence-electron chi connectivity index (χ1n) is 7.81. The smallest absolute Gasteiger partial charge is 0.245 e. The molecular formula is C16H19ClN4O3. The molecule has 0 unspecified atom stereocenters. The third-order valence-corrected chi connectivity index (χ3v) is 4.13. The van der Waals surface area contributed by atoms with Gasteiger partial charge >= 0.3 is 0 Å². The molecule has 1 amide bonds. The molecule has 0 radical (unpaired) electrons. The van der Waals surface area contributed by atoms with Crippen molar-refractivity contribution in [3.05, 3.63) is 34.9 Å². The maximum absolute atomic E-state index is 11.9. The van der Waals surface area contributed by atoms with E-state index in [0.717, 1.165) is 24.3 Å². The van der Waals surface area contributed by atoms with E-state index in [4.69, 9.17) is 20.9 Å². The number of hydrogen-bond donors (Lipinski definition) is 1. The first kappa shape index (κ1) is 16.7. The molecule has 1 aliphatic rings. The summed E-state index contributed by atoms with van der Waals surface area (Å²) >= 11 is 6.23. The highest BCUT2D eigenvalue weighted by molar-refractivity contribution is 6.33. The minimum atomic E-state index is 0.142. The van der Waals surface area contributed by atoms with Crippen molar-refractivity contribution >= 4 is 28.9 Å². The molecule has 0 aliphatic carbocycles. The second kappa shape index (κ2) is 7.63. The Bertz CT molecular complexity index is 719. The molecule has 3 rings (SSSR count). The van der Waals surface area contributed by atoms with Gasteiger partial charge in [0.15, 0.2) is 5.82 Å². The summed E-state index contributed by atoms with van der Waals surface area (Å²) in [6.07, 6.45) is 2.08. The van der Waals surface area contributed by atoms with Gasteiger partial charge in [-0.3, -0.25) is 4.79 Å². The van der Waals surface area contributed by atoms with E-state index in [1.165, 1.54) is 0 Å². The first-order valence-corrected chi connectivity index (χ1v) is 8.19. The van der Waals surface area contributed by atoms with Crippen LogP contribution in [0, 0.1) is 0 Å². The van der Waals surface area contributed by atoms with E-state index in [-0.39, 0.29) is 5.91 Å². The number of ether oxygens (including phenoxy) is 1. The van der Waals surface area contributed by atoms with Crippen LogP contribution in [0.4, 0.5) is 11.4 Å². The molecule has 1 aromatic carbocycles. The van der Waals surface area contributed by atoms with Gasteiger partial charge < -0.3 is 19.5 Å². The minimum absolute atomic E-state index is 0.142. The van der Waals surface area contributed by atoms with E-state index in [1.807, 2.05) is 12.1 Å². The Morgan fingerprint density at radius 1 is 1.46 bits per heavy atom. The van der Waals surface area contributed by atoms with Gasteiger partial charge in [0.05, 0.1) is 23.9 Å². The lowest BCUT2D eigenvalue weighted by Crippen LogP contribution is -2.23. The Balaban J connectivity index is 1.66. The van der Waals surface area contributed by atoms with Gasteiger partial charge in [-0.15, -0.1) is 0 Å². The monoisotopic (exact) mass is 350 g/mol. The fourth-order valence-electron chi connectivity index (χ4n) is 2.57. The van der Waals surface area contributed by atoms with E-state index in [9.17, 15) is 4.79 Å². The van der Waals surface area contributed by atoms with Crippen LogP contribution in [0.5, 0.6) is 0 Å². The van der Waals surface area contributed by atoms with Crippen LogP contribution in [0.3, 0.4) is 0 Å². The highest BCUT2D eigenvalue weighted by atomic mass is 35.5. The fourth-order valence-corrected chi connectivity index (χ4v) is 2.75. The van der Waals surface area contributed by atoms with E-state index >= 15 is 0 Å². The second-order valence-corrected chi connectivity index (χ2v) is 5.92. The third-order valence-electron chi connectivity index (χ3n) is 3.81. The van der Waals surface area contributed by atoms with Crippen LogP contribution < -0.4 is 10.2 Å². The van der Waals surface area contributed by atoms with Crippen LogP contribution in [-0.4, -0.2) is 36.3 Å². The molecule has 7 nitrogen and oxygen atoms in total. The van der Waals surface area contributed by atoms with Crippen molar-refractivity contribution < 1.29 is 14.1 Å². The second-order valence-electron chi connectivity index (χ2n) is 5.51. The standard InChI is InChI=1S/C16H19ClN4O3/c1-23-8-6-14-19-15(24-20-14)10-18-13-9-11(4-5-12(13)17)21-7-2-3-16(21)22/h4-5,9,18H,2-3,6-8,10H2,1H3. The SMILES string of the molecule is COCCc1noc(CNc2cc(N3CCCC3=O)ccc2Cl)n1. The van der Waals surface area contributed by atoms with Crippen molar-refractivity contribution in [1.29, 1.82) is 0 Å². The predicted octanol–water partition coefficient (Wildman–Crippen LogP) is 2.65. The first-order chi connectivity index (χ1) is 11.7. The average Bonchev–Trinajstić information content (AvgIpc) is 3.21. The van der Waals surface area contributed by atoms with Crippen molar-refractivity contribution in [1.82, 2.24) is 10.1 Å². The largest absolute Gasteiger partial charge is 0.384 e. The maximum Gasteiger partial charge on any atom is 0.245 e. The number of halogens is 1. The molecule has 128 valence electrons. The van der Waals surface area contributed by atoms with Crippen molar-refractivity contribution in [2.24, 2.45) is 0 Å². The zero-order valence-electron chi connectivity index (χ0n) is 13.4. The van der Waals surface area contributed by atoms with E-state index < -0.39 is 0 Å². The molecule has 0 spiro atoms. The highest BCUT2D eigenvalue weighted by Crippen LogP contribution is 2.30. The van der Waals surface area contributed by atoms with Crippen molar-refractivity contribution in [3.8, 4) is 0 Å². The number of carbonyl (C=O) groups is 1. The summed E-state index contributed by atoms with van der Waals surface area (Å²) in [5.74, 6) is 1.22. The lowest BCUT2D eigenvalue weighted by molar-refractivity contribution is -0.117. The van der Waals surface area contributed by atoms with E-state index in [1.54, 1.807) is 18.1 Å². The number of hydrogen-bond acceptors (Lipinski definition) is 6. The predicted molar refractivity (Wildman–Crippen MR) is 90.2 cm³/mol. The Morgan fingerprint density at radius 2 is 2.33 bits per heavy atom. The highest BCUT2D eigenvalue weighted by Gasteiger charge is 2.22. The van der Waals surface area contributed by atoms with Gasteiger partial charge in [0.1, 0.15) is 0 Å². The number of anilines is 2. The van der Waals surface area contributed by atoms with Gasteiger partial charge in [0.25, 0.3) is 0 Å². The van der Waals surface area contributed by atoms with Crippen LogP contribution in [0.1, 0.15) is 24.6 Å². The molecule has 0 bridgehead atoms. The summed E-state index contributed by atoms with van der Waals surface area (Å²) in [5, 5.41) is 7.64. The molecule has 1 aliphatic heterocycles.